The highest BCUT2D eigenvalue weighted by atomic mass is 19.1. The van der Waals surface area contributed by atoms with Gasteiger partial charge in [-0.05, 0) is 44.0 Å². The van der Waals surface area contributed by atoms with Crippen molar-refractivity contribution in [3.8, 4) is 5.69 Å². The molecule has 2 aromatic rings. The zero-order valence-corrected chi connectivity index (χ0v) is 14.2. The minimum absolute atomic E-state index is 0.0666. The van der Waals surface area contributed by atoms with Crippen molar-refractivity contribution < 1.29 is 23.8 Å². The van der Waals surface area contributed by atoms with Crippen LogP contribution in [-0.4, -0.2) is 50.5 Å². The number of hydrogen-bond acceptors (Lipinski definition) is 5. The van der Waals surface area contributed by atoms with Gasteiger partial charge in [0.2, 0.25) is 5.82 Å². The van der Waals surface area contributed by atoms with E-state index in [1.165, 1.54) is 28.9 Å². The third kappa shape index (κ3) is 3.88. The van der Waals surface area contributed by atoms with Crippen molar-refractivity contribution in [1.29, 1.82) is 0 Å². The summed E-state index contributed by atoms with van der Waals surface area (Å²) in [6, 6.07) is 5.65. The molecule has 1 aromatic heterocycles. The second-order valence-electron chi connectivity index (χ2n) is 6.29. The van der Waals surface area contributed by atoms with Gasteiger partial charge in [-0.25, -0.2) is 14.1 Å². The van der Waals surface area contributed by atoms with Crippen LogP contribution in [0.3, 0.4) is 0 Å². The largest absolute Gasteiger partial charge is 0.481 e. The van der Waals surface area contributed by atoms with Gasteiger partial charge in [-0.2, -0.15) is 0 Å². The molecule has 26 heavy (non-hydrogen) atoms. The molecule has 8 nitrogen and oxygen atoms in total. The number of carboxylic acids is 1. The van der Waals surface area contributed by atoms with Gasteiger partial charge < -0.3 is 15.2 Å². The molecule has 1 aliphatic rings. The van der Waals surface area contributed by atoms with Gasteiger partial charge >= 0.3 is 5.97 Å². The molecule has 0 radical (unpaired) electrons. The second kappa shape index (κ2) is 7.20. The predicted octanol–water partition coefficient (Wildman–Crippen LogP) is 1.47. The molecule has 1 amide bonds. The number of aryl methyl sites for hydroxylation is 1. The quantitative estimate of drug-likeness (QED) is 0.834. The average molecular weight is 362 g/mol. The Balaban J connectivity index is 1.82. The summed E-state index contributed by atoms with van der Waals surface area (Å²) in [6.45, 7) is 2.43. The number of carbonyl (C=O) groups is 2. The summed E-state index contributed by atoms with van der Waals surface area (Å²) in [5.74, 6) is -1.52. The molecule has 1 aromatic carbocycles. The first kappa shape index (κ1) is 18.0. The van der Waals surface area contributed by atoms with Gasteiger partial charge in [0.1, 0.15) is 11.6 Å². The van der Waals surface area contributed by atoms with Crippen LogP contribution in [0.25, 0.3) is 5.69 Å². The van der Waals surface area contributed by atoms with E-state index < -0.39 is 17.4 Å². The van der Waals surface area contributed by atoms with Gasteiger partial charge in [0.25, 0.3) is 5.91 Å². The Morgan fingerprint density at radius 1 is 1.31 bits per heavy atom. The molecule has 1 fully saturated rings. The summed E-state index contributed by atoms with van der Waals surface area (Å²) < 4.78 is 19.8. The summed E-state index contributed by atoms with van der Waals surface area (Å²) in [5.41, 5.74) is -0.307. The molecule has 0 spiro atoms. The van der Waals surface area contributed by atoms with E-state index in [0.717, 1.165) is 0 Å². The van der Waals surface area contributed by atoms with Crippen molar-refractivity contribution in [2.75, 3.05) is 13.2 Å². The molecule has 9 heteroatoms. The van der Waals surface area contributed by atoms with E-state index in [9.17, 15) is 19.1 Å². The fourth-order valence-electron chi connectivity index (χ4n) is 3.01. The maximum absolute atomic E-state index is 13.1. The number of ether oxygens (including phenoxy) is 1. The van der Waals surface area contributed by atoms with Gasteiger partial charge in [0, 0.05) is 13.2 Å². The number of hydrogen-bond donors (Lipinski definition) is 2. The smallest absolute Gasteiger partial charge is 0.305 e. The predicted molar refractivity (Wildman–Crippen MR) is 88.6 cm³/mol. The Labute approximate surface area is 149 Å². The van der Waals surface area contributed by atoms with E-state index in [4.69, 9.17) is 4.74 Å². The van der Waals surface area contributed by atoms with Crippen LogP contribution in [0, 0.1) is 12.7 Å². The number of halogens is 1. The second-order valence-corrected chi connectivity index (χ2v) is 6.29. The first-order valence-electron chi connectivity index (χ1n) is 8.20. The van der Waals surface area contributed by atoms with Crippen LogP contribution in [-0.2, 0) is 9.53 Å². The fraction of sp³-hybridized carbons (Fsp3) is 0.412. The van der Waals surface area contributed by atoms with Crippen LogP contribution >= 0.6 is 0 Å². The number of carbonyl (C=O) groups excluding carboxylic acids is 1. The van der Waals surface area contributed by atoms with Gasteiger partial charge in [0.15, 0.2) is 0 Å². The Bertz CT molecular complexity index is 813. The molecular formula is C17H19FN4O4. The maximum atomic E-state index is 13.1. The van der Waals surface area contributed by atoms with Gasteiger partial charge in [-0.1, -0.05) is 0 Å². The van der Waals surface area contributed by atoms with Crippen LogP contribution in [0.4, 0.5) is 4.39 Å². The average Bonchev–Trinajstić information content (AvgIpc) is 2.97. The van der Waals surface area contributed by atoms with Crippen LogP contribution < -0.4 is 5.32 Å². The molecule has 1 aliphatic heterocycles. The molecule has 0 bridgehead atoms. The number of benzene rings is 1. The van der Waals surface area contributed by atoms with E-state index in [1.807, 2.05) is 0 Å². The number of nitrogens with zero attached hydrogens (tertiary/aromatic N) is 3. The number of aromatic nitrogens is 3. The summed E-state index contributed by atoms with van der Waals surface area (Å²) in [7, 11) is 0. The van der Waals surface area contributed by atoms with Crippen molar-refractivity contribution in [2.45, 2.75) is 31.7 Å². The Kier molecular flexibility index (Phi) is 4.99. The van der Waals surface area contributed by atoms with E-state index in [1.54, 1.807) is 6.92 Å². The number of aliphatic carboxylic acids is 1. The topological polar surface area (TPSA) is 106 Å². The third-order valence-electron chi connectivity index (χ3n) is 4.36. The normalized spacial score (nSPS) is 16.2. The molecule has 0 saturated carbocycles. The number of nitrogens with one attached hydrogen (secondary N) is 1. The lowest BCUT2D eigenvalue weighted by Crippen LogP contribution is -2.53. The van der Waals surface area contributed by atoms with Gasteiger partial charge in [-0.15, -0.1) is 5.10 Å². The van der Waals surface area contributed by atoms with Gasteiger partial charge in [-0.3, -0.25) is 9.59 Å². The minimum Gasteiger partial charge on any atom is -0.481 e. The van der Waals surface area contributed by atoms with Crippen LogP contribution in [0.5, 0.6) is 0 Å². The highest BCUT2D eigenvalue weighted by Crippen LogP contribution is 2.25. The Hall–Kier alpha value is -2.81. The number of carboxylic acid groups (broad SMARTS) is 1. The zero-order chi connectivity index (χ0) is 18.7. The molecule has 2 N–H and O–H groups in total. The summed E-state index contributed by atoms with van der Waals surface area (Å²) in [6.07, 6.45) is 0.616. The monoisotopic (exact) mass is 362 g/mol. The molecule has 3 rings (SSSR count). The van der Waals surface area contributed by atoms with E-state index in [-0.39, 0.29) is 18.1 Å². The number of amides is 1. The molecular weight excluding hydrogens is 343 g/mol. The SMILES string of the molecule is Cc1nc(C(=O)NC2(CC(=O)O)CCOCC2)nn1-c1ccc(F)cc1. The summed E-state index contributed by atoms with van der Waals surface area (Å²) >= 11 is 0. The van der Waals surface area contributed by atoms with Crippen molar-refractivity contribution in [1.82, 2.24) is 20.1 Å². The lowest BCUT2D eigenvalue weighted by Gasteiger charge is -2.36. The molecule has 2 heterocycles. The minimum atomic E-state index is -0.992. The van der Waals surface area contributed by atoms with Crippen molar-refractivity contribution in [2.24, 2.45) is 0 Å². The zero-order valence-electron chi connectivity index (χ0n) is 14.2. The van der Waals surface area contributed by atoms with Crippen molar-refractivity contribution in [3.05, 3.63) is 41.7 Å². The lowest BCUT2D eigenvalue weighted by atomic mass is 9.86. The van der Waals surface area contributed by atoms with Crippen LogP contribution in [0.15, 0.2) is 24.3 Å². The van der Waals surface area contributed by atoms with E-state index in [2.05, 4.69) is 15.4 Å². The van der Waals surface area contributed by atoms with Crippen LogP contribution in [0.2, 0.25) is 0 Å². The summed E-state index contributed by atoms with van der Waals surface area (Å²) in [4.78, 5) is 28.0. The lowest BCUT2D eigenvalue weighted by molar-refractivity contribution is -0.139. The fourth-order valence-corrected chi connectivity index (χ4v) is 3.01. The maximum Gasteiger partial charge on any atom is 0.305 e. The molecule has 0 aliphatic carbocycles. The highest BCUT2D eigenvalue weighted by molar-refractivity contribution is 5.91. The van der Waals surface area contributed by atoms with E-state index in [0.29, 0.717) is 37.6 Å². The Morgan fingerprint density at radius 2 is 1.96 bits per heavy atom. The third-order valence-corrected chi connectivity index (χ3v) is 4.36. The highest BCUT2D eigenvalue weighted by Gasteiger charge is 2.37. The van der Waals surface area contributed by atoms with E-state index >= 15 is 0 Å². The molecule has 1 saturated heterocycles. The van der Waals surface area contributed by atoms with Crippen molar-refractivity contribution >= 4 is 11.9 Å². The Morgan fingerprint density at radius 3 is 2.58 bits per heavy atom. The summed E-state index contributed by atoms with van der Waals surface area (Å²) in [5, 5.41) is 16.1. The van der Waals surface area contributed by atoms with Crippen LogP contribution in [0.1, 0.15) is 35.7 Å². The molecule has 0 unspecified atom stereocenters. The molecule has 0 atom stereocenters. The first-order valence-corrected chi connectivity index (χ1v) is 8.20. The van der Waals surface area contributed by atoms with Crippen molar-refractivity contribution in [3.63, 3.8) is 0 Å². The molecule has 138 valence electrons. The van der Waals surface area contributed by atoms with Gasteiger partial charge in [0.05, 0.1) is 17.6 Å². The standard InChI is InChI=1S/C17H19FN4O4/c1-11-19-15(21-22(11)13-4-2-12(18)3-5-13)16(25)20-17(10-14(23)24)6-8-26-9-7-17/h2-5H,6-10H2,1H3,(H,20,25)(H,23,24). The first-order chi connectivity index (χ1) is 12.4. The number of rotatable bonds is 5.